The van der Waals surface area contributed by atoms with E-state index in [1.165, 1.54) is 18.4 Å². The number of pyridine rings is 1. The van der Waals surface area contributed by atoms with E-state index in [4.69, 9.17) is 4.74 Å². The number of rotatable bonds is 7. The molecule has 1 aromatic heterocycles. The lowest BCUT2D eigenvalue weighted by molar-refractivity contribution is 0.198. The third-order valence-electron chi connectivity index (χ3n) is 3.88. The largest absolute Gasteiger partial charge is 0.383 e. The van der Waals surface area contributed by atoms with E-state index in [2.05, 4.69) is 23.3 Å². The smallest absolute Gasteiger partial charge is 0.0587 e. The Morgan fingerprint density at radius 1 is 1.59 bits per heavy atom. The van der Waals surface area contributed by atoms with Crippen molar-refractivity contribution in [2.45, 2.75) is 25.2 Å². The van der Waals surface area contributed by atoms with Crippen LogP contribution < -0.4 is 5.32 Å². The molecule has 0 saturated heterocycles. The van der Waals surface area contributed by atoms with E-state index < -0.39 is 0 Å². The van der Waals surface area contributed by atoms with Crippen LogP contribution in [-0.4, -0.2) is 31.8 Å². The van der Waals surface area contributed by atoms with Crippen LogP contribution in [0.4, 0.5) is 0 Å². The summed E-state index contributed by atoms with van der Waals surface area (Å²) in [6, 6.07) is 4.25. The summed E-state index contributed by atoms with van der Waals surface area (Å²) in [6.07, 6.45) is 6.41. The lowest BCUT2D eigenvalue weighted by Gasteiger charge is -2.18. The Bertz CT molecular complexity index is 341. The minimum atomic E-state index is 0.330. The SMILES string of the molecule is CCC1CC1(CNCCOC)c1cccnc1. The molecule has 1 N–H and O–H groups in total. The third-order valence-corrected chi connectivity index (χ3v) is 3.88. The van der Waals surface area contributed by atoms with Gasteiger partial charge in [0.05, 0.1) is 6.61 Å². The highest BCUT2D eigenvalue weighted by atomic mass is 16.5. The minimum absolute atomic E-state index is 0.330. The number of aromatic nitrogens is 1. The van der Waals surface area contributed by atoms with Crippen molar-refractivity contribution in [3.8, 4) is 0 Å². The van der Waals surface area contributed by atoms with Gasteiger partial charge in [-0.25, -0.2) is 0 Å². The number of nitrogens with one attached hydrogen (secondary N) is 1. The summed E-state index contributed by atoms with van der Waals surface area (Å²) in [7, 11) is 1.74. The van der Waals surface area contributed by atoms with Gasteiger partial charge in [-0.3, -0.25) is 4.98 Å². The Hall–Kier alpha value is -0.930. The third kappa shape index (κ3) is 2.67. The first kappa shape index (κ1) is 12.5. The van der Waals surface area contributed by atoms with Crippen molar-refractivity contribution in [3.05, 3.63) is 30.1 Å². The zero-order valence-electron chi connectivity index (χ0n) is 10.8. The normalized spacial score (nSPS) is 27.1. The van der Waals surface area contributed by atoms with Crippen molar-refractivity contribution in [3.63, 3.8) is 0 Å². The highest BCUT2D eigenvalue weighted by Gasteiger charge is 2.53. The molecule has 3 nitrogen and oxygen atoms in total. The Morgan fingerprint density at radius 3 is 3.06 bits per heavy atom. The van der Waals surface area contributed by atoms with E-state index in [0.29, 0.717) is 5.41 Å². The molecule has 1 aliphatic rings. The molecule has 0 spiro atoms. The average molecular weight is 234 g/mol. The molecule has 1 heterocycles. The summed E-state index contributed by atoms with van der Waals surface area (Å²) < 4.78 is 5.06. The summed E-state index contributed by atoms with van der Waals surface area (Å²) in [5.74, 6) is 0.807. The van der Waals surface area contributed by atoms with Gasteiger partial charge < -0.3 is 10.1 Å². The van der Waals surface area contributed by atoms with E-state index in [9.17, 15) is 0 Å². The number of nitrogens with zero attached hydrogens (tertiary/aromatic N) is 1. The number of hydrogen-bond acceptors (Lipinski definition) is 3. The molecule has 1 aliphatic carbocycles. The van der Waals surface area contributed by atoms with Crippen molar-refractivity contribution in [2.24, 2.45) is 5.92 Å². The average Bonchev–Trinajstić information content (AvgIpc) is 3.11. The van der Waals surface area contributed by atoms with Crippen LogP contribution in [0.25, 0.3) is 0 Å². The van der Waals surface area contributed by atoms with Crippen LogP contribution in [0.3, 0.4) is 0 Å². The van der Waals surface area contributed by atoms with Crippen LogP contribution in [0.1, 0.15) is 25.3 Å². The lowest BCUT2D eigenvalue weighted by Crippen LogP contribution is -2.31. The van der Waals surface area contributed by atoms with Gasteiger partial charge in [-0.2, -0.15) is 0 Å². The summed E-state index contributed by atoms with van der Waals surface area (Å²) in [5.41, 5.74) is 1.72. The second-order valence-corrected chi connectivity index (χ2v) is 4.88. The van der Waals surface area contributed by atoms with Crippen molar-refractivity contribution < 1.29 is 4.74 Å². The van der Waals surface area contributed by atoms with Crippen LogP contribution in [0.2, 0.25) is 0 Å². The monoisotopic (exact) mass is 234 g/mol. The molecule has 0 amide bonds. The van der Waals surface area contributed by atoms with Gasteiger partial charge in [0.1, 0.15) is 0 Å². The molecular weight excluding hydrogens is 212 g/mol. The van der Waals surface area contributed by atoms with E-state index >= 15 is 0 Å². The Morgan fingerprint density at radius 2 is 2.47 bits per heavy atom. The molecule has 2 unspecified atom stereocenters. The molecule has 17 heavy (non-hydrogen) atoms. The van der Waals surface area contributed by atoms with Crippen molar-refractivity contribution in [1.82, 2.24) is 10.3 Å². The van der Waals surface area contributed by atoms with Gasteiger partial charge in [-0.1, -0.05) is 19.4 Å². The first-order chi connectivity index (χ1) is 8.33. The molecule has 2 rings (SSSR count). The zero-order valence-corrected chi connectivity index (χ0v) is 10.8. The second kappa shape index (κ2) is 5.61. The van der Waals surface area contributed by atoms with Crippen LogP contribution in [0.15, 0.2) is 24.5 Å². The van der Waals surface area contributed by atoms with Gasteiger partial charge in [0, 0.05) is 38.0 Å². The maximum atomic E-state index is 5.06. The molecule has 1 aromatic rings. The summed E-state index contributed by atoms with van der Waals surface area (Å²) >= 11 is 0. The molecule has 0 aromatic carbocycles. The highest BCUT2D eigenvalue weighted by molar-refractivity contribution is 5.32. The van der Waals surface area contributed by atoms with Crippen LogP contribution in [0, 0.1) is 5.92 Å². The Balaban J connectivity index is 1.97. The van der Waals surface area contributed by atoms with Crippen molar-refractivity contribution in [2.75, 3.05) is 26.8 Å². The van der Waals surface area contributed by atoms with E-state index in [0.717, 1.165) is 25.6 Å². The molecule has 3 heteroatoms. The van der Waals surface area contributed by atoms with Crippen LogP contribution in [0.5, 0.6) is 0 Å². The zero-order chi connectivity index (χ0) is 12.1. The standard InChI is InChI=1S/C14H22N2O/c1-3-12-9-14(12,11-16-7-8-17-2)13-5-4-6-15-10-13/h4-6,10,12,16H,3,7-9,11H2,1-2H3. The Kier molecular flexibility index (Phi) is 4.13. The fourth-order valence-corrected chi connectivity index (χ4v) is 2.73. The highest BCUT2D eigenvalue weighted by Crippen LogP contribution is 2.55. The predicted molar refractivity (Wildman–Crippen MR) is 69.1 cm³/mol. The molecule has 0 bridgehead atoms. The molecule has 94 valence electrons. The topological polar surface area (TPSA) is 34.1 Å². The van der Waals surface area contributed by atoms with Gasteiger partial charge >= 0.3 is 0 Å². The molecular formula is C14H22N2O. The quantitative estimate of drug-likeness (QED) is 0.733. The molecule has 0 radical (unpaired) electrons. The summed E-state index contributed by atoms with van der Waals surface area (Å²) in [4.78, 5) is 4.25. The van der Waals surface area contributed by atoms with E-state index in [-0.39, 0.29) is 0 Å². The number of methoxy groups -OCH3 is 1. The van der Waals surface area contributed by atoms with Gasteiger partial charge in [-0.05, 0) is 24.0 Å². The predicted octanol–water partition coefficient (Wildman–Crippen LogP) is 1.99. The van der Waals surface area contributed by atoms with Crippen LogP contribution in [-0.2, 0) is 10.2 Å². The fourth-order valence-electron chi connectivity index (χ4n) is 2.73. The number of hydrogen-bond donors (Lipinski definition) is 1. The molecule has 2 atom stereocenters. The maximum absolute atomic E-state index is 5.06. The summed E-state index contributed by atoms with van der Waals surface area (Å²) in [6.45, 7) is 5.02. The second-order valence-electron chi connectivity index (χ2n) is 4.88. The lowest BCUT2D eigenvalue weighted by atomic mass is 9.93. The first-order valence-corrected chi connectivity index (χ1v) is 6.43. The number of ether oxygens (including phenoxy) is 1. The van der Waals surface area contributed by atoms with Gasteiger partial charge in [-0.15, -0.1) is 0 Å². The van der Waals surface area contributed by atoms with Gasteiger partial charge in [0.25, 0.3) is 0 Å². The van der Waals surface area contributed by atoms with E-state index in [1.807, 2.05) is 18.5 Å². The minimum Gasteiger partial charge on any atom is -0.383 e. The maximum Gasteiger partial charge on any atom is 0.0587 e. The molecule has 1 fully saturated rings. The van der Waals surface area contributed by atoms with Crippen molar-refractivity contribution >= 4 is 0 Å². The van der Waals surface area contributed by atoms with Crippen LogP contribution >= 0.6 is 0 Å². The summed E-state index contributed by atoms with van der Waals surface area (Å²) in [5, 5.41) is 3.50. The Labute approximate surface area is 104 Å². The fraction of sp³-hybridized carbons (Fsp3) is 0.643. The first-order valence-electron chi connectivity index (χ1n) is 6.43. The van der Waals surface area contributed by atoms with Crippen molar-refractivity contribution in [1.29, 1.82) is 0 Å². The molecule has 1 saturated carbocycles. The van der Waals surface area contributed by atoms with Gasteiger partial charge in [0.15, 0.2) is 0 Å². The van der Waals surface area contributed by atoms with E-state index in [1.54, 1.807) is 7.11 Å². The molecule has 0 aliphatic heterocycles. The van der Waals surface area contributed by atoms with Gasteiger partial charge in [0.2, 0.25) is 0 Å².